The summed E-state index contributed by atoms with van der Waals surface area (Å²) in [6.07, 6.45) is 7.29. The summed E-state index contributed by atoms with van der Waals surface area (Å²) in [5.74, 6) is -0.438. The third-order valence-corrected chi connectivity index (χ3v) is 4.54. The molecule has 5 N–H and O–H groups in total. The predicted molar refractivity (Wildman–Crippen MR) is 64.8 cm³/mol. The van der Waals surface area contributed by atoms with E-state index in [1.165, 1.54) is 25.7 Å². The zero-order valence-electron chi connectivity index (χ0n) is 9.29. The van der Waals surface area contributed by atoms with Crippen molar-refractivity contribution in [2.75, 3.05) is 19.3 Å². The van der Waals surface area contributed by atoms with Gasteiger partial charge in [-0.05, 0) is 19.1 Å². The summed E-state index contributed by atoms with van der Waals surface area (Å²) in [4.78, 5) is 10.7. The van der Waals surface area contributed by atoms with Gasteiger partial charge in [-0.2, -0.15) is 11.8 Å². The van der Waals surface area contributed by atoms with Gasteiger partial charge in [0.05, 0.1) is 6.04 Å². The van der Waals surface area contributed by atoms with E-state index in [0.29, 0.717) is 11.3 Å². The minimum absolute atomic E-state index is 0.358. The van der Waals surface area contributed by atoms with Gasteiger partial charge >= 0.3 is 0 Å². The molecule has 1 atom stereocenters. The molecule has 1 amide bonds. The molecule has 0 aliphatic heterocycles. The fourth-order valence-electron chi connectivity index (χ4n) is 2.03. The first-order chi connectivity index (χ1) is 7.09. The van der Waals surface area contributed by atoms with Gasteiger partial charge < -0.3 is 16.8 Å². The highest BCUT2D eigenvalue weighted by Crippen LogP contribution is 2.39. The zero-order valence-corrected chi connectivity index (χ0v) is 10.1. The van der Waals surface area contributed by atoms with Crippen LogP contribution in [0.15, 0.2) is 0 Å². The Labute approximate surface area is 95.5 Å². The number of carbonyl (C=O) groups excluding carboxylic acids is 1. The van der Waals surface area contributed by atoms with Crippen molar-refractivity contribution in [2.45, 2.75) is 36.5 Å². The second-order valence-corrected chi connectivity index (χ2v) is 5.51. The first-order valence-electron chi connectivity index (χ1n) is 5.40. The van der Waals surface area contributed by atoms with Crippen LogP contribution >= 0.6 is 11.8 Å². The van der Waals surface area contributed by atoms with Crippen molar-refractivity contribution < 1.29 is 4.79 Å². The Morgan fingerprint density at radius 1 is 1.53 bits per heavy atom. The lowest BCUT2D eigenvalue weighted by atomic mass is 10.1. The van der Waals surface area contributed by atoms with E-state index in [-0.39, 0.29) is 0 Å². The predicted octanol–water partition coefficient (Wildman–Crippen LogP) is 0.0644. The van der Waals surface area contributed by atoms with E-state index >= 15 is 0 Å². The smallest absolute Gasteiger partial charge is 0.235 e. The highest BCUT2D eigenvalue weighted by atomic mass is 32.2. The van der Waals surface area contributed by atoms with Gasteiger partial charge in [-0.15, -0.1) is 0 Å². The summed E-state index contributed by atoms with van der Waals surface area (Å²) >= 11 is 1.92. The molecule has 0 bridgehead atoms. The highest BCUT2D eigenvalue weighted by molar-refractivity contribution is 8.00. The molecule has 15 heavy (non-hydrogen) atoms. The Morgan fingerprint density at radius 2 is 2.13 bits per heavy atom. The Balaban J connectivity index is 2.26. The lowest BCUT2D eigenvalue weighted by molar-refractivity contribution is -0.119. The molecule has 1 aliphatic carbocycles. The van der Waals surface area contributed by atoms with Crippen molar-refractivity contribution in [3.8, 4) is 0 Å². The minimum atomic E-state index is -0.565. The second-order valence-electron chi connectivity index (χ2n) is 4.23. The van der Waals surface area contributed by atoms with Crippen LogP contribution in [0.1, 0.15) is 25.7 Å². The van der Waals surface area contributed by atoms with Crippen LogP contribution in [0, 0.1) is 0 Å². The average molecular weight is 231 g/mol. The number of thioether (sulfide) groups is 1. The maximum atomic E-state index is 10.7. The SMILES string of the molecule is CSC1(CNCC(N)C(N)=O)CCCC1. The quantitative estimate of drug-likeness (QED) is 0.604. The van der Waals surface area contributed by atoms with Crippen LogP contribution < -0.4 is 16.8 Å². The second kappa shape index (κ2) is 5.72. The standard InChI is InChI=1S/C10H21N3OS/c1-15-10(4-2-3-5-10)7-13-6-8(11)9(12)14/h8,13H,2-7,11H2,1H3,(H2,12,14). The first kappa shape index (κ1) is 12.8. The van der Waals surface area contributed by atoms with Gasteiger partial charge in [-0.1, -0.05) is 12.8 Å². The van der Waals surface area contributed by atoms with Crippen LogP contribution in [0.5, 0.6) is 0 Å². The Hall–Kier alpha value is -0.260. The van der Waals surface area contributed by atoms with Gasteiger partial charge in [-0.25, -0.2) is 0 Å². The summed E-state index contributed by atoms with van der Waals surface area (Å²) in [5.41, 5.74) is 10.6. The van der Waals surface area contributed by atoms with E-state index in [4.69, 9.17) is 11.5 Å². The van der Waals surface area contributed by atoms with Crippen LogP contribution in [0.4, 0.5) is 0 Å². The lowest BCUT2D eigenvalue weighted by Crippen LogP contribution is -2.47. The van der Waals surface area contributed by atoms with Gasteiger partial charge in [0.1, 0.15) is 0 Å². The molecule has 0 aromatic carbocycles. The first-order valence-corrected chi connectivity index (χ1v) is 6.63. The normalized spacial score (nSPS) is 21.5. The third kappa shape index (κ3) is 3.66. The van der Waals surface area contributed by atoms with Gasteiger partial charge in [0, 0.05) is 17.8 Å². The van der Waals surface area contributed by atoms with E-state index < -0.39 is 11.9 Å². The molecule has 88 valence electrons. The van der Waals surface area contributed by atoms with Crippen LogP contribution in [-0.2, 0) is 4.79 Å². The molecular formula is C10H21N3OS. The number of amides is 1. The molecule has 1 aliphatic rings. The van der Waals surface area contributed by atoms with E-state index in [1.807, 2.05) is 11.8 Å². The third-order valence-electron chi connectivity index (χ3n) is 3.12. The van der Waals surface area contributed by atoms with Gasteiger partial charge in [0.2, 0.25) is 5.91 Å². The molecule has 0 aromatic heterocycles. The number of hydrogen-bond donors (Lipinski definition) is 3. The van der Waals surface area contributed by atoms with Crippen molar-refractivity contribution >= 4 is 17.7 Å². The lowest BCUT2D eigenvalue weighted by Gasteiger charge is -2.27. The molecule has 5 heteroatoms. The van der Waals surface area contributed by atoms with Crippen LogP contribution in [-0.4, -0.2) is 36.0 Å². The van der Waals surface area contributed by atoms with Crippen molar-refractivity contribution in [3.05, 3.63) is 0 Å². The summed E-state index contributed by atoms with van der Waals surface area (Å²) in [5, 5.41) is 3.25. The molecular weight excluding hydrogens is 210 g/mol. The van der Waals surface area contributed by atoms with Crippen molar-refractivity contribution in [1.29, 1.82) is 0 Å². The molecule has 0 spiro atoms. The molecule has 0 aromatic rings. The number of carbonyl (C=O) groups is 1. The zero-order chi connectivity index (χ0) is 11.3. The molecule has 4 nitrogen and oxygen atoms in total. The average Bonchev–Trinajstić information content (AvgIpc) is 2.67. The molecule has 0 heterocycles. The van der Waals surface area contributed by atoms with Crippen molar-refractivity contribution in [2.24, 2.45) is 11.5 Å². The Bertz CT molecular complexity index is 217. The number of primary amides is 1. The molecule has 1 saturated carbocycles. The topological polar surface area (TPSA) is 81.1 Å². The van der Waals surface area contributed by atoms with E-state index in [9.17, 15) is 4.79 Å². The summed E-state index contributed by atoms with van der Waals surface area (Å²) < 4.78 is 0.358. The molecule has 1 rings (SSSR count). The maximum Gasteiger partial charge on any atom is 0.235 e. The van der Waals surface area contributed by atoms with E-state index in [0.717, 1.165) is 6.54 Å². The van der Waals surface area contributed by atoms with E-state index in [2.05, 4.69) is 11.6 Å². The van der Waals surface area contributed by atoms with Crippen LogP contribution in [0.3, 0.4) is 0 Å². The summed E-state index contributed by atoms with van der Waals surface area (Å²) in [6, 6.07) is -0.565. The van der Waals surface area contributed by atoms with Crippen molar-refractivity contribution in [1.82, 2.24) is 5.32 Å². The number of nitrogens with two attached hydrogens (primary N) is 2. The fourth-order valence-corrected chi connectivity index (χ4v) is 2.97. The highest BCUT2D eigenvalue weighted by Gasteiger charge is 2.32. The van der Waals surface area contributed by atoms with Gasteiger partial charge in [-0.3, -0.25) is 4.79 Å². The maximum absolute atomic E-state index is 10.7. The fraction of sp³-hybridized carbons (Fsp3) is 0.900. The minimum Gasteiger partial charge on any atom is -0.368 e. The van der Waals surface area contributed by atoms with Crippen molar-refractivity contribution in [3.63, 3.8) is 0 Å². The Morgan fingerprint density at radius 3 is 2.60 bits per heavy atom. The molecule has 1 unspecified atom stereocenters. The molecule has 0 radical (unpaired) electrons. The molecule has 1 fully saturated rings. The summed E-state index contributed by atoms with van der Waals surface area (Å²) in [6.45, 7) is 1.41. The van der Waals surface area contributed by atoms with Crippen LogP contribution in [0.25, 0.3) is 0 Å². The van der Waals surface area contributed by atoms with E-state index in [1.54, 1.807) is 0 Å². The van der Waals surface area contributed by atoms with Crippen LogP contribution in [0.2, 0.25) is 0 Å². The van der Waals surface area contributed by atoms with Gasteiger partial charge in [0.15, 0.2) is 0 Å². The summed E-state index contributed by atoms with van der Waals surface area (Å²) in [7, 11) is 0. The Kier molecular flexibility index (Phi) is 4.89. The van der Waals surface area contributed by atoms with Gasteiger partial charge in [0.25, 0.3) is 0 Å². The number of rotatable bonds is 6. The monoisotopic (exact) mass is 231 g/mol. The number of hydrogen-bond acceptors (Lipinski definition) is 4. The largest absolute Gasteiger partial charge is 0.368 e. The number of nitrogens with one attached hydrogen (secondary N) is 1. The molecule has 0 saturated heterocycles.